The minimum atomic E-state index is -0.543. The van der Waals surface area contributed by atoms with Crippen LogP contribution in [-0.4, -0.2) is 26.4 Å². The zero-order chi connectivity index (χ0) is 24.2. The van der Waals surface area contributed by atoms with Crippen molar-refractivity contribution < 1.29 is 13.9 Å². The quantitative estimate of drug-likeness (QED) is 0.273. The van der Waals surface area contributed by atoms with Crippen molar-refractivity contribution >= 4 is 22.4 Å². The van der Waals surface area contributed by atoms with Crippen molar-refractivity contribution in [3.05, 3.63) is 112 Å². The van der Waals surface area contributed by atoms with Crippen molar-refractivity contribution in [3.63, 3.8) is 0 Å². The molecule has 3 N–H and O–H groups in total. The highest BCUT2D eigenvalue weighted by Gasteiger charge is 2.21. The molecule has 0 saturated heterocycles. The maximum absolute atomic E-state index is 13.3. The third-order valence-corrected chi connectivity index (χ3v) is 5.36. The molecule has 172 valence electrons. The van der Waals surface area contributed by atoms with E-state index >= 15 is 0 Å². The summed E-state index contributed by atoms with van der Waals surface area (Å²) in [6, 6.07) is 21.5. The van der Waals surface area contributed by atoms with E-state index in [9.17, 15) is 9.59 Å². The number of rotatable bonds is 7. The van der Waals surface area contributed by atoms with Crippen molar-refractivity contribution in [3.8, 4) is 17.3 Å². The molecular formula is C26H19N5O4. The molecule has 0 aliphatic heterocycles. The number of carbonyl (C=O) groups is 1. The van der Waals surface area contributed by atoms with Gasteiger partial charge in [-0.2, -0.15) is 5.21 Å². The van der Waals surface area contributed by atoms with Gasteiger partial charge in [0, 0.05) is 11.1 Å². The molecule has 5 rings (SSSR count). The summed E-state index contributed by atoms with van der Waals surface area (Å²) in [7, 11) is 0. The van der Waals surface area contributed by atoms with Crippen molar-refractivity contribution in [2.24, 2.45) is 0 Å². The Balaban J connectivity index is 1.38. The van der Waals surface area contributed by atoms with Gasteiger partial charge >= 0.3 is 0 Å². The Morgan fingerprint density at radius 3 is 2.57 bits per heavy atom. The van der Waals surface area contributed by atoms with Crippen molar-refractivity contribution in [1.82, 2.24) is 20.6 Å². The Bertz CT molecular complexity index is 1570. The van der Waals surface area contributed by atoms with Crippen LogP contribution in [0.25, 0.3) is 22.6 Å². The molecule has 0 radical (unpaired) electrons. The monoisotopic (exact) mass is 465 g/mol. The molecule has 5 aromatic rings. The fourth-order valence-electron chi connectivity index (χ4n) is 3.63. The fourth-order valence-corrected chi connectivity index (χ4v) is 3.63. The zero-order valence-electron chi connectivity index (χ0n) is 18.3. The molecule has 3 aromatic carbocycles. The van der Waals surface area contributed by atoms with Crippen LogP contribution < -0.4 is 15.9 Å². The lowest BCUT2D eigenvalue weighted by atomic mass is 9.98. The van der Waals surface area contributed by atoms with Gasteiger partial charge in [-0.3, -0.25) is 9.59 Å². The molecule has 0 amide bonds. The molecule has 0 aliphatic rings. The number of ether oxygens (including phenoxy) is 1. The van der Waals surface area contributed by atoms with Crippen molar-refractivity contribution in [2.75, 3.05) is 5.73 Å². The van der Waals surface area contributed by atoms with E-state index in [-0.39, 0.29) is 39.6 Å². The number of hydrogen-bond donors (Lipinski definition) is 2. The number of hydrogen-bond acceptors (Lipinski definition) is 8. The van der Waals surface area contributed by atoms with Gasteiger partial charge in [-0.05, 0) is 53.6 Å². The van der Waals surface area contributed by atoms with Gasteiger partial charge < -0.3 is 14.9 Å². The van der Waals surface area contributed by atoms with Gasteiger partial charge in [0.2, 0.25) is 17.0 Å². The molecule has 0 spiro atoms. The Morgan fingerprint density at radius 1 is 1.03 bits per heavy atom. The first-order valence-electron chi connectivity index (χ1n) is 10.7. The predicted molar refractivity (Wildman–Crippen MR) is 130 cm³/mol. The van der Waals surface area contributed by atoms with E-state index in [0.717, 1.165) is 6.42 Å². The highest BCUT2D eigenvalue weighted by Crippen LogP contribution is 2.27. The predicted octanol–water partition coefficient (Wildman–Crippen LogP) is 3.92. The van der Waals surface area contributed by atoms with Crippen molar-refractivity contribution in [1.29, 1.82) is 0 Å². The summed E-state index contributed by atoms with van der Waals surface area (Å²) in [6.07, 6.45) is 4.28. The van der Waals surface area contributed by atoms with E-state index in [1.54, 1.807) is 48.7 Å². The van der Waals surface area contributed by atoms with Gasteiger partial charge in [-0.15, -0.1) is 10.2 Å². The lowest BCUT2D eigenvalue weighted by molar-refractivity contribution is 0.104. The lowest BCUT2D eigenvalue weighted by Gasteiger charge is -2.08. The zero-order valence-corrected chi connectivity index (χ0v) is 18.3. The number of anilines is 1. The first-order valence-corrected chi connectivity index (χ1v) is 10.7. The molecule has 0 saturated carbocycles. The van der Waals surface area contributed by atoms with Gasteiger partial charge in [0.25, 0.3) is 0 Å². The van der Waals surface area contributed by atoms with Crippen LogP contribution in [0.1, 0.15) is 21.5 Å². The van der Waals surface area contributed by atoms with Crippen LogP contribution in [0.4, 0.5) is 5.69 Å². The highest BCUT2D eigenvalue weighted by molar-refractivity contribution is 6.16. The first-order chi connectivity index (χ1) is 17.1. The van der Waals surface area contributed by atoms with E-state index in [4.69, 9.17) is 14.9 Å². The topological polar surface area (TPSA) is 137 Å². The van der Waals surface area contributed by atoms with Crippen LogP contribution in [0.3, 0.4) is 0 Å². The van der Waals surface area contributed by atoms with Crippen molar-refractivity contribution in [2.45, 2.75) is 6.42 Å². The number of aromatic amines is 1. The van der Waals surface area contributed by atoms with Crippen LogP contribution in [0.5, 0.6) is 5.75 Å². The number of nitrogens with two attached hydrogens (primary N) is 1. The molecule has 0 unspecified atom stereocenters. The van der Waals surface area contributed by atoms with Gasteiger partial charge in [-0.25, -0.2) is 0 Å². The highest BCUT2D eigenvalue weighted by atomic mass is 16.5. The molecule has 35 heavy (non-hydrogen) atoms. The molecular weight excluding hydrogens is 446 g/mol. The Hall–Kier alpha value is -5.05. The van der Waals surface area contributed by atoms with E-state index in [1.165, 1.54) is 5.56 Å². The average Bonchev–Trinajstić information content (AvgIpc) is 3.44. The average molecular weight is 465 g/mol. The fraction of sp³-hybridized carbons (Fsp3) is 0.0385. The second-order valence-electron chi connectivity index (χ2n) is 7.62. The number of tetrazole rings is 1. The van der Waals surface area contributed by atoms with Crippen LogP contribution in [0, 0.1) is 0 Å². The standard InChI is InChI=1S/C26H19N5O4/c27-22-24(33)21-19(9-4-10-20(21)35-25(22)26-28-30-31-29-26)23(32)17-11-13-18(14-12-17)34-15-5-8-16-6-2-1-3-7-16/h1-7,9-15H,8,27H2,(H,28,29,30,31). The summed E-state index contributed by atoms with van der Waals surface area (Å²) in [5, 5.41) is 13.4. The van der Waals surface area contributed by atoms with E-state index < -0.39 is 5.43 Å². The van der Waals surface area contributed by atoms with Gasteiger partial charge in [0.1, 0.15) is 17.0 Å². The summed E-state index contributed by atoms with van der Waals surface area (Å²) in [5.41, 5.74) is 7.19. The third kappa shape index (κ3) is 4.42. The minimum absolute atomic E-state index is 0.0114. The number of H-pyrrole nitrogens is 1. The summed E-state index contributed by atoms with van der Waals surface area (Å²) >= 11 is 0. The third-order valence-electron chi connectivity index (χ3n) is 5.36. The number of aromatic nitrogens is 4. The van der Waals surface area contributed by atoms with Crippen LogP contribution in [0.15, 0.2) is 94.3 Å². The van der Waals surface area contributed by atoms with E-state index in [2.05, 4.69) is 20.6 Å². The SMILES string of the molecule is Nc1c(-c2nn[nH]n2)oc2cccc(C(=O)c3ccc(OC=CCc4ccccc4)cc3)c2c1=O. The molecule has 9 nitrogen and oxygen atoms in total. The molecule has 2 heterocycles. The van der Waals surface area contributed by atoms with Gasteiger partial charge in [-0.1, -0.05) is 42.5 Å². The molecule has 0 atom stereocenters. The second-order valence-corrected chi connectivity index (χ2v) is 7.62. The molecule has 0 fully saturated rings. The van der Waals surface area contributed by atoms with Crippen LogP contribution in [-0.2, 0) is 6.42 Å². The maximum atomic E-state index is 13.3. The normalized spacial score (nSPS) is 11.2. The summed E-state index contributed by atoms with van der Waals surface area (Å²) in [6.45, 7) is 0. The van der Waals surface area contributed by atoms with E-state index in [1.807, 2.05) is 36.4 Å². The number of allylic oxidation sites excluding steroid dienone is 1. The number of nitrogens with zero attached hydrogens (tertiary/aromatic N) is 3. The van der Waals surface area contributed by atoms with Crippen LogP contribution >= 0.6 is 0 Å². The number of nitrogens with one attached hydrogen (secondary N) is 1. The molecule has 0 bridgehead atoms. The van der Waals surface area contributed by atoms with Crippen LogP contribution in [0.2, 0.25) is 0 Å². The molecule has 2 aromatic heterocycles. The summed E-state index contributed by atoms with van der Waals surface area (Å²) in [4.78, 5) is 26.3. The lowest BCUT2D eigenvalue weighted by Crippen LogP contribution is -2.14. The van der Waals surface area contributed by atoms with Gasteiger partial charge in [0.15, 0.2) is 5.78 Å². The second kappa shape index (κ2) is 9.44. The largest absolute Gasteiger partial charge is 0.465 e. The first kappa shape index (κ1) is 21.8. The Kier molecular flexibility index (Phi) is 5.87. The molecule has 0 aliphatic carbocycles. The summed E-state index contributed by atoms with van der Waals surface area (Å²) < 4.78 is 11.4. The number of benzene rings is 3. The minimum Gasteiger partial charge on any atom is -0.465 e. The summed E-state index contributed by atoms with van der Waals surface area (Å²) in [5.74, 6) is 0.271. The number of nitrogen functional groups attached to an aromatic ring is 1. The van der Waals surface area contributed by atoms with E-state index in [0.29, 0.717) is 11.3 Å². The van der Waals surface area contributed by atoms with Gasteiger partial charge in [0.05, 0.1) is 11.6 Å². The number of carbonyl (C=O) groups excluding carboxylic acids is 1. The Labute approximate surface area is 198 Å². The Morgan fingerprint density at radius 2 is 1.83 bits per heavy atom. The molecule has 9 heteroatoms. The number of ketones is 1. The smallest absolute Gasteiger partial charge is 0.242 e. The maximum Gasteiger partial charge on any atom is 0.242 e. The number of fused-ring (bicyclic) bond motifs is 1.